The maximum Gasteiger partial charge on any atom is 0.338 e. The molecule has 4 heteroatoms. The molecule has 2 aromatic rings. The van der Waals surface area contributed by atoms with Gasteiger partial charge in [0.1, 0.15) is 5.58 Å². The van der Waals surface area contributed by atoms with Gasteiger partial charge < -0.3 is 9.15 Å². The van der Waals surface area contributed by atoms with Crippen LogP contribution in [-0.2, 0) is 4.74 Å². The van der Waals surface area contributed by atoms with E-state index in [1.54, 1.807) is 19.1 Å². The molecule has 0 N–H and O–H groups in total. The van der Waals surface area contributed by atoms with Gasteiger partial charge in [0.15, 0.2) is 0 Å². The van der Waals surface area contributed by atoms with Crippen LogP contribution in [0.2, 0.25) is 0 Å². The van der Waals surface area contributed by atoms with Crippen molar-refractivity contribution < 1.29 is 13.9 Å². The van der Waals surface area contributed by atoms with Crippen LogP contribution in [0.15, 0.2) is 28.9 Å². The number of rotatable bonds is 2. The molecule has 0 unspecified atom stereocenters. The Labute approximate surface area is 92.0 Å². The summed E-state index contributed by atoms with van der Waals surface area (Å²) in [5.41, 5.74) is 1.26. The summed E-state index contributed by atoms with van der Waals surface area (Å²) >= 11 is 0. The fourth-order valence-corrected chi connectivity index (χ4v) is 1.50. The summed E-state index contributed by atoms with van der Waals surface area (Å²) in [5.74, 6) is -0.447. The number of carbonyl (C=O) groups is 1. The number of nitrogens with zero attached hydrogens (tertiary/aromatic N) is 1. The zero-order chi connectivity index (χ0) is 11.5. The molecule has 1 aromatic heterocycles. The minimum absolute atomic E-state index is 0.302. The van der Waals surface area contributed by atoms with E-state index >= 15 is 0 Å². The van der Waals surface area contributed by atoms with Crippen LogP contribution in [-0.4, -0.2) is 12.6 Å². The predicted octanol–water partition coefficient (Wildman–Crippen LogP) is 2.48. The molecule has 0 aliphatic heterocycles. The Bertz CT molecular complexity index is 577. The third-order valence-corrected chi connectivity index (χ3v) is 2.20. The highest BCUT2D eigenvalue weighted by Crippen LogP contribution is 2.22. The highest BCUT2D eigenvalue weighted by molar-refractivity contribution is 5.96. The van der Waals surface area contributed by atoms with Crippen LogP contribution in [0.4, 0.5) is 0 Å². The molecule has 0 atom stereocenters. The van der Waals surface area contributed by atoms with E-state index in [1.807, 2.05) is 6.07 Å². The molecule has 4 nitrogen and oxygen atoms in total. The fraction of sp³-hybridized carbons (Fsp3) is 0.167. The van der Waals surface area contributed by atoms with Gasteiger partial charge in [0.05, 0.1) is 30.1 Å². The molecular formula is C12H9NO3. The summed E-state index contributed by atoms with van der Waals surface area (Å²) < 4.78 is 10.0. The van der Waals surface area contributed by atoms with Crippen LogP contribution in [0.1, 0.15) is 22.8 Å². The molecule has 0 amide bonds. The van der Waals surface area contributed by atoms with Crippen LogP contribution in [0, 0.1) is 11.3 Å². The molecule has 1 aromatic carbocycles. The Kier molecular flexibility index (Phi) is 2.61. The summed E-state index contributed by atoms with van der Waals surface area (Å²) in [6.45, 7) is 2.03. The number of benzene rings is 1. The van der Waals surface area contributed by atoms with Gasteiger partial charge in [0.2, 0.25) is 0 Å². The third-order valence-electron chi connectivity index (χ3n) is 2.20. The second kappa shape index (κ2) is 4.07. The summed E-state index contributed by atoms with van der Waals surface area (Å²) in [4.78, 5) is 11.5. The Morgan fingerprint density at radius 3 is 3.06 bits per heavy atom. The van der Waals surface area contributed by atoms with E-state index in [1.165, 1.54) is 12.3 Å². The first-order valence-electron chi connectivity index (χ1n) is 4.84. The lowest BCUT2D eigenvalue weighted by Crippen LogP contribution is -2.04. The van der Waals surface area contributed by atoms with Crippen LogP contribution in [0.5, 0.6) is 0 Å². The molecular weight excluding hydrogens is 206 g/mol. The number of nitriles is 1. The number of hydrogen-bond acceptors (Lipinski definition) is 4. The van der Waals surface area contributed by atoms with E-state index in [9.17, 15) is 4.79 Å². The molecule has 0 saturated carbocycles. The predicted molar refractivity (Wildman–Crippen MR) is 56.9 cm³/mol. The zero-order valence-corrected chi connectivity index (χ0v) is 8.69. The van der Waals surface area contributed by atoms with Gasteiger partial charge in [-0.25, -0.2) is 4.79 Å². The largest absolute Gasteiger partial charge is 0.464 e. The average Bonchev–Trinajstić information content (AvgIpc) is 2.75. The summed E-state index contributed by atoms with van der Waals surface area (Å²) in [7, 11) is 0. The maximum atomic E-state index is 11.5. The monoisotopic (exact) mass is 215 g/mol. The number of furan rings is 1. The minimum Gasteiger partial charge on any atom is -0.464 e. The Morgan fingerprint density at radius 1 is 1.56 bits per heavy atom. The smallest absolute Gasteiger partial charge is 0.338 e. The van der Waals surface area contributed by atoms with Crippen molar-refractivity contribution in [1.82, 2.24) is 0 Å². The van der Waals surface area contributed by atoms with Crippen molar-refractivity contribution >= 4 is 16.9 Å². The normalized spacial score (nSPS) is 10.0. The molecule has 0 bridgehead atoms. The van der Waals surface area contributed by atoms with E-state index in [2.05, 4.69) is 0 Å². The molecule has 0 radical (unpaired) electrons. The number of carbonyl (C=O) groups excluding carboxylic acids is 1. The zero-order valence-electron chi connectivity index (χ0n) is 8.69. The van der Waals surface area contributed by atoms with Crippen LogP contribution >= 0.6 is 0 Å². The lowest BCUT2D eigenvalue weighted by atomic mass is 10.1. The Hall–Kier alpha value is -2.28. The highest BCUT2D eigenvalue weighted by atomic mass is 16.5. The number of hydrogen-bond donors (Lipinski definition) is 0. The first kappa shape index (κ1) is 10.2. The van der Waals surface area contributed by atoms with Crippen molar-refractivity contribution in [3.05, 3.63) is 35.6 Å². The number of esters is 1. The molecule has 16 heavy (non-hydrogen) atoms. The fourth-order valence-electron chi connectivity index (χ4n) is 1.50. The third kappa shape index (κ3) is 1.63. The van der Waals surface area contributed by atoms with Crippen molar-refractivity contribution in [2.24, 2.45) is 0 Å². The summed E-state index contributed by atoms with van der Waals surface area (Å²) in [5, 5.41) is 9.65. The highest BCUT2D eigenvalue weighted by Gasteiger charge is 2.12. The van der Waals surface area contributed by atoms with E-state index < -0.39 is 5.97 Å². The van der Waals surface area contributed by atoms with Gasteiger partial charge in [0, 0.05) is 5.39 Å². The minimum atomic E-state index is -0.447. The number of fused-ring (bicyclic) bond motifs is 1. The second-order valence-electron chi connectivity index (χ2n) is 3.19. The molecule has 1 heterocycles. The maximum absolute atomic E-state index is 11.5. The van der Waals surface area contributed by atoms with E-state index in [0.717, 1.165) is 0 Å². The topological polar surface area (TPSA) is 63.2 Å². The van der Waals surface area contributed by atoms with E-state index in [4.69, 9.17) is 14.4 Å². The van der Waals surface area contributed by atoms with Gasteiger partial charge in [-0.1, -0.05) is 0 Å². The van der Waals surface area contributed by atoms with Crippen molar-refractivity contribution in [3.8, 4) is 6.07 Å². The van der Waals surface area contributed by atoms with Gasteiger partial charge in [-0.3, -0.25) is 0 Å². The molecule has 80 valence electrons. The molecule has 0 saturated heterocycles. The number of ether oxygens (including phenoxy) is 1. The van der Waals surface area contributed by atoms with Crippen LogP contribution < -0.4 is 0 Å². The van der Waals surface area contributed by atoms with Crippen molar-refractivity contribution in [3.63, 3.8) is 0 Å². The second-order valence-corrected chi connectivity index (χ2v) is 3.19. The van der Waals surface area contributed by atoms with Gasteiger partial charge in [-0.15, -0.1) is 0 Å². The first-order valence-corrected chi connectivity index (χ1v) is 4.84. The van der Waals surface area contributed by atoms with Crippen LogP contribution in [0.25, 0.3) is 11.0 Å². The Balaban J connectivity index is 2.56. The van der Waals surface area contributed by atoms with E-state index in [-0.39, 0.29) is 0 Å². The average molecular weight is 215 g/mol. The standard InChI is InChI=1S/C12H9NO3/c1-2-15-12(14)8-5-9(7-13)10-3-4-16-11(10)6-8/h3-6H,2H2,1H3. The van der Waals surface area contributed by atoms with E-state index in [0.29, 0.717) is 28.7 Å². The molecule has 2 rings (SSSR count). The lowest BCUT2D eigenvalue weighted by molar-refractivity contribution is 0.0526. The van der Waals surface area contributed by atoms with Gasteiger partial charge >= 0.3 is 5.97 Å². The first-order chi connectivity index (χ1) is 7.76. The van der Waals surface area contributed by atoms with Crippen molar-refractivity contribution in [2.75, 3.05) is 6.61 Å². The SMILES string of the molecule is CCOC(=O)c1cc(C#N)c2ccoc2c1. The molecule has 0 aliphatic carbocycles. The summed E-state index contributed by atoms with van der Waals surface area (Å²) in [6, 6.07) is 6.81. The summed E-state index contributed by atoms with van der Waals surface area (Å²) in [6.07, 6.45) is 1.49. The van der Waals surface area contributed by atoms with Crippen LogP contribution in [0.3, 0.4) is 0 Å². The van der Waals surface area contributed by atoms with Crippen molar-refractivity contribution in [2.45, 2.75) is 6.92 Å². The van der Waals surface area contributed by atoms with Gasteiger partial charge in [-0.2, -0.15) is 5.26 Å². The molecule has 0 spiro atoms. The van der Waals surface area contributed by atoms with Crippen molar-refractivity contribution in [1.29, 1.82) is 5.26 Å². The Morgan fingerprint density at radius 2 is 2.38 bits per heavy atom. The quantitative estimate of drug-likeness (QED) is 0.722. The molecule has 0 aliphatic rings. The molecule has 0 fully saturated rings. The van der Waals surface area contributed by atoms with Gasteiger partial charge in [0.25, 0.3) is 0 Å². The van der Waals surface area contributed by atoms with Gasteiger partial charge in [-0.05, 0) is 25.1 Å². The lowest BCUT2D eigenvalue weighted by Gasteiger charge is -2.02.